The van der Waals surface area contributed by atoms with Gasteiger partial charge in [0.25, 0.3) is 0 Å². The Morgan fingerprint density at radius 2 is 1.93 bits per heavy atom. The second-order valence-electron chi connectivity index (χ2n) is 7.95. The van der Waals surface area contributed by atoms with Crippen LogP contribution in [0.25, 0.3) is 11.4 Å². The molecule has 1 fully saturated rings. The largest absolute Gasteiger partial charge is 0.351 e. The molecule has 2 aromatic carbocycles. The number of amides is 1. The van der Waals surface area contributed by atoms with Gasteiger partial charge >= 0.3 is 0 Å². The van der Waals surface area contributed by atoms with Crippen molar-refractivity contribution in [1.29, 1.82) is 0 Å². The summed E-state index contributed by atoms with van der Waals surface area (Å²) in [5.74, 6) is 0.629. The molecule has 0 radical (unpaired) electrons. The highest BCUT2D eigenvalue weighted by atomic mass is 16.2. The minimum absolute atomic E-state index is 0.0428. The summed E-state index contributed by atoms with van der Waals surface area (Å²) in [7, 11) is 0. The van der Waals surface area contributed by atoms with E-state index in [1.807, 2.05) is 24.3 Å². The fourth-order valence-corrected chi connectivity index (χ4v) is 3.91. The summed E-state index contributed by atoms with van der Waals surface area (Å²) < 4.78 is 0. The zero-order valence-corrected chi connectivity index (χ0v) is 15.8. The van der Waals surface area contributed by atoms with E-state index in [4.69, 9.17) is 0 Å². The number of hydrogen-bond donors (Lipinski definition) is 2. The summed E-state index contributed by atoms with van der Waals surface area (Å²) in [5, 5.41) is 17.2. The number of hydrogen-bond acceptors (Lipinski definition) is 4. The number of aryl methyl sites for hydroxylation is 1. The van der Waals surface area contributed by atoms with Gasteiger partial charge in [-0.15, -0.1) is 10.2 Å². The van der Waals surface area contributed by atoms with E-state index in [0.717, 1.165) is 23.1 Å². The van der Waals surface area contributed by atoms with Gasteiger partial charge in [0.05, 0.1) is 5.41 Å². The van der Waals surface area contributed by atoms with Gasteiger partial charge in [-0.05, 0) is 41.2 Å². The normalized spacial score (nSPS) is 20.3. The summed E-state index contributed by atoms with van der Waals surface area (Å²) in [4.78, 5) is 13.2. The third-order valence-electron chi connectivity index (χ3n) is 5.65. The number of carbonyl (C=O) groups is 1. The molecule has 1 aliphatic carbocycles. The van der Waals surface area contributed by atoms with Gasteiger partial charge in [-0.3, -0.25) is 4.79 Å². The van der Waals surface area contributed by atoms with Crippen LogP contribution in [-0.2, 0) is 16.8 Å². The Labute approximate surface area is 158 Å². The van der Waals surface area contributed by atoms with Crippen molar-refractivity contribution < 1.29 is 4.79 Å². The van der Waals surface area contributed by atoms with Gasteiger partial charge in [0.2, 0.25) is 11.7 Å². The first kappa shape index (κ1) is 17.4. The molecule has 2 N–H and O–H groups in total. The van der Waals surface area contributed by atoms with Crippen molar-refractivity contribution >= 4 is 5.91 Å². The first-order chi connectivity index (χ1) is 12.9. The molecule has 1 atom stereocenters. The van der Waals surface area contributed by atoms with E-state index < -0.39 is 5.41 Å². The highest BCUT2D eigenvalue weighted by Gasteiger charge is 2.66. The van der Waals surface area contributed by atoms with Crippen molar-refractivity contribution in [1.82, 2.24) is 25.9 Å². The van der Waals surface area contributed by atoms with E-state index in [-0.39, 0.29) is 11.3 Å². The second kappa shape index (κ2) is 6.30. The van der Waals surface area contributed by atoms with Crippen LogP contribution in [-0.4, -0.2) is 26.5 Å². The van der Waals surface area contributed by atoms with Gasteiger partial charge in [0.1, 0.15) is 0 Å². The van der Waals surface area contributed by atoms with Crippen LogP contribution in [0.3, 0.4) is 0 Å². The number of tetrazole rings is 1. The maximum Gasteiger partial charge on any atom is 0.231 e. The number of aromatic amines is 1. The molecule has 0 saturated heterocycles. The Morgan fingerprint density at radius 3 is 2.56 bits per heavy atom. The number of rotatable bonds is 5. The van der Waals surface area contributed by atoms with Crippen molar-refractivity contribution in [3.05, 3.63) is 65.2 Å². The molecule has 4 rings (SSSR count). The van der Waals surface area contributed by atoms with Gasteiger partial charge in [-0.2, -0.15) is 5.21 Å². The lowest BCUT2D eigenvalue weighted by atomic mass is 9.86. The zero-order valence-electron chi connectivity index (χ0n) is 15.8. The fraction of sp³-hybridized carbons (Fsp3) is 0.333. The first-order valence-corrected chi connectivity index (χ1v) is 9.11. The van der Waals surface area contributed by atoms with Gasteiger partial charge in [-0.25, -0.2) is 0 Å². The monoisotopic (exact) mass is 361 g/mol. The lowest BCUT2D eigenvalue weighted by Crippen LogP contribution is -2.37. The molecule has 6 heteroatoms. The van der Waals surface area contributed by atoms with Gasteiger partial charge < -0.3 is 5.32 Å². The predicted octanol–water partition coefficient (Wildman–Crippen LogP) is 3.16. The highest BCUT2D eigenvalue weighted by Crippen LogP contribution is 2.64. The number of carbonyl (C=O) groups excluding carboxylic acids is 1. The highest BCUT2D eigenvalue weighted by molar-refractivity contribution is 5.93. The Kier molecular flexibility index (Phi) is 4.06. The number of nitrogens with zero attached hydrogens (tertiary/aromatic N) is 3. The summed E-state index contributed by atoms with van der Waals surface area (Å²) in [5.41, 5.74) is 3.67. The molecule has 0 aliphatic heterocycles. The van der Waals surface area contributed by atoms with E-state index in [2.05, 4.69) is 71.0 Å². The van der Waals surface area contributed by atoms with Gasteiger partial charge in [0, 0.05) is 12.1 Å². The average Bonchev–Trinajstić information content (AvgIpc) is 3.01. The van der Waals surface area contributed by atoms with E-state index >= 15 is 0 Å². The molecule has 1 aromatic heterocycles. The fourth-order valence-electron chi connectivity index (χ4n) is 3.91. The van der Waals surface area contributed by atoms with Crippen LogP contribution in [0.1, 0.15) is 37.0 Å². The number of benzene rings is 2. The Bertz CT molecular complexity index is 963. The van der Waals surface area contributed by atoms with Crippen molar-refractivity contribution in [3.63, 3.8) is 0 Å². The zero-order chi connectivity index (χ0) is 19.1. The van der Waals surface area contributed by atoms with Crippen molar-refractivity contribution in [2.24, 2.45) is 5.41 Å². The van der Waals surface area contributed by atoms with E-state index in [0.29, 0.717) is 12.4 Å². The van der Waals surface area contributed by atoms with Crippen LogP contribution < -0.4 is 5.32 Å². The SMILES string of the molecule is Cc1ccc(C2(C(=O)NCc3cccc(-c4nn[nH]n4)c3)CC2(C)C)cc1. The molecular formula is C21H23N5O. The molecule has 1 unspecified atom stereocenters. The van der Waals surface area contributed by atoms with E-state index in [1.54, 1.807) is 0 Å². The minimum atomic E-state index is -0.452. The summed E-state index contributed by atoms with van der Waals surface area (Å²) in [6.07, 6.45) is 0.859. The van der Waals surface area contributed by atoms with Crippen molar-refractivity contribution in [2.45, 2.75) is 39.2 Å². The number of nitrogens with one attached hydrogen (secondary N) is 2. The van der Waals surface area contributed by atoms with Crippen LogP contribution >= 0.6 is 0 Å². The third kappa shape index (κ3) is 3.01. The summed E-state index contributed by atoms with van der Waals surface area (Å²) in [6.45, 7) is 6.84. The van der Waals surface area contributed by atoms with Crippen LogP contribution in [0.2, 0.25) is 0 Å². The molecule has 6 nitrogen and oxygen atoms in total. The number of H-pyrrole nitrogens is 1. The van der Waals surface area contributed by atoms with Gasteiger partial charge in [-0.1, -0.05) is 61.9 Å². The standard InChI is InChI=1S/C21H23N5O/c1-14-7-9-17(10-8-14)21(13-20(21,2)3)19(27)22-12-15-5-4-6-16(11-15)18-23-25-26-24-18/h4-11H,12-13H2,1-3H3,(H,22,27)(H,23,24,25,26). The summed E-state index contributed by atoms with van der Waals surface area (Å²) >= 11 is 0. The molecule has 0 bridgehead atoms. The molecule has 1 heterocycles. The third-order valence-corrected chi connectivity index (χ3v) is 5.65. The van der Waals surface area contributed by atoms with E-state index in [9.17, 15) is 4.79 Å². The van der Waals surface area contributed by atoms with E-state index in [1.165, 1.54) is 5.56 Å². The molecule has 0 spiro atoms. The van der Waals surface area contributed by atoms with Crippen LogP contribution in [0.15, 0.2) is 48.5 Å². The maximum atomic E-state index is 13.2. The number of aromatic nitrogens is 4. The Balaban J connectivity index is 1.52. The van der Waals surface area contributed by atoms with Crippen LogP contribution in [0.5, 0.6) is 0 Å². The second-order valence-corrected chi connectivity index (χ2v) is 7.95. The molecular weight excluding hydrogens is 338 g/mol. The van der Waals surface area contributed by atoms with Crippen molar-refractivity contribution in [2.75, 3.05) is 0 Å². The molecule has 3 aromatic rings. The van der Waals surface area contributed by atoms with Gasteiger partial charge in [0.15, 0.2) is 0 Å². The maximum absolute atomic E-state index is 13.2. The molecule has 27 heavy (non-hydrogen) atoms. The molecule has 138 valence electrons. The Morgan fingerprint density at radius 1 is 1.19 bits per heavy atom. The topological polar surface area (TPSA) is 83.6 Å². The van der Waals surface area contributed by atoms with Crippen molar-refractivity contribution in [3.8, 4) is 11.4 Å². The minimum Gasteiger partial charge on any atom is -0.351 e. The lowest BCUT2D eigenvalue weighted by molar-refractivity contribution is -0.124. The van der Waals surface area contributed by atoms with Crippen LogP contribution in [0, 0.1) is 12.3 Å². The molecule has 1 saturated carbocycles. The summed E-state index contributed by atoms with van der Waals surface area (Å²) in [6, 6.07) is 16.1. The lowest BCUT2D eigenvalue weighted by Gasteiger charge is -2.21. The molecule has 1 amide bonds. The first-order valence-electron chi connectivity index (χ1n) is 9.11. The predicted molar refractivity (Wildman–Crippen MR) is 103 cm³/mol. The van der Waals surface area contributed by atoms with Crippen LogP contribution in [0.4, 0.5) is 0 Å². The average molecular weight is 361 g/mol. The Hall–Kier alpha value is -3.02. The quantitative estimate of drug-likeness (QED) is 0.731. The smallest absolute Gasteiger partial charge is 0.231 e. The molecule has 1 aliphatic rings.